The maximum atomic E-state index is 14.1. The summed E-state index contributed by atoms with van der Waals surface area (Å²) in [6, 6.07) is 9.79. The molecule has 0 atom stereocenters. The number of nitrogens with zero attached hydrogens (tertiary/aromatic N) is 3. The first kappa shape index (κ1) is 17.7. The first-order valence-corrected chi connectivity index (χ1v) is 10.2. The molecule has 0 saturated heterocycles. The molecule has 0 radical (unpaired) electrons. The van der Waals surface area contributed by atoms with Gasteiger partial charge in [-0.05, 0) is 75.3 Å². The lowest BCUT2D eigenvalue weighted by Crippen LogP contribution is -2.71. The fraction of sp³-hybridized carbons (Fsp3) is 0.609. The van der Waals surface area contributed by atoms with E-state index in [2.05, 4.69) is 10.9 Å². The van der Waals surface area contributed by atoms with E-state index in [4.69, 9.17) is 6.57 Å². The van der Waals surface area contributed by atoms with Crippen molar-refractivity contribution in [2.24, 2.45) is 16.2 Å². The van der Waals surface area contributed by atoms with Crippen molar-refractivity contribution in [2.75, 3.05) is 11.4 Å². The van der Waals surface area contributed by atoms with Crippen LogP contribution in [0.25, 0.3) is 4.85 Å². The summed E-state index contributed by atoms with van der Waals surface area (Å²) in [4.78, 5) is 18.9. The number of nitriles is 1. The molecule has 6 aliphatic rings. The third-order valence-electron chi connectivity index (χ3n) is 8.07. The van der Waals surface area contributed by atoms with Crippen molar-refractivity contribution in [2.45, 2.75) is 63.5 Å². The number of halogens is 1. The summed E-state index contributed by atoms with van der Waals surface area (Å²) in [6.07, 6.45) is 6.67. The number of hydrogen-bond donors (Lipinski definition) is 0. The van der Waals surface area contributed by atoms with Gasteiger partial charge in [-0.15, -0.1) is 0 Å². The highest BCUT2D eigenvalue weighted by Crippen LogP contribution is 2.70. The highest BCUT2D eigenvalue weighted by Gasteiger charge is 2.73. The van der Waals surface area contributed by atoms with Gasteiger partial charge in [-0.25, -0.2) is 9.24 Å². The van der Waals surface area contributed by atoms with Gasteiger partial charge in [0.05, 0.1) is 23.5 Å². The van der Waals surface area contributed by atoms with Gasteiger partial charge >= 0.3 is 0 Å². The van der Waals surface area contributed by atoms with Crippen LogP contribution < -0.4 is 4.90 Å². The smallest absolute Gasteiger partial charge is 0.233 e. The van der Waals surface area contributed by atoms with Crippen molar-refractivity contribution in [1.82, 2.24) is 0 Å². The molecule has 4 nitrogen and oxygen atoms in total. The van der Waals surface area contributed by atoms with E-state index in [0.717, 1.165) is 44.2 Å². The quantitative estimate of drug-likeness (QED) is 0.666. The van der Waals surface area contributed by atoms with E-state index in [-0.39, 0.29) is 16.7 Å². The van der Waals surface area contributed by atoms with Gasteiger partial charge in [0.2, 0.25) is 5.91 Å². The van der Waals surface area contributed by atoms with Crippen LogP contribution in [0.2, 0.25) is 0 Å². The second-order valence-corrected chi connectivity index (χ2v) is 9.88. The average molecular weight is 377 g/mol. The number of fused-ring (bicyclic) bond motifs is 3. The molecular formula is C23H24FN3O. The fourth-order valence-electron chi connectivity index (χ4n) is 6.19. The molecular weight excluding hydrogens is 353 g/mol. The fourth-order valence-corrected chi connectivity index (χ4v) is 6.19. The Bertz CT molecular complexity index is 896. The zero-order valence-electron chi connectivity index (χ0n) is 16.0. The normalized spacial score (nSPS) is 39.8. The highest BCUT2D eigenvalue weighted by molar-refractivity contribution is 6.00. The van der Waals surface area contributed by atoms with Crippen molar-refractivity contribution in [3.8, 4) is 6.07 Å². The minimum atomic E-state index is -1.11. The van der Waals surface area contributed by atoms with E-state index in [1.54, 1.807) is 12.1 Å². The standard InChI is InChI=1S/C23H24FN3O/c1-26-17-3-2-4-18(11-17)27(19(28)22-12-23(24,13-22)14-22)16-21-8-5-20(15-25,6-9-21)7-10-21/h2-4,11H,5-10,12-14,16H2. The first-order valence-electron chi connectivity index (χ1n) is 10.2. The topological polar surface area (TPSA) is 48.5 Å². The van der Waals surface area contributed by atoms with Gasteiger partial charge in [0.15, 0.2) is 5.69 Å². The Labute approximate surface area is 165 Å². The van der Waals surface area contributed by atoms with E-state index < -0.39 is 11.1 Å². The van der Waals surface area contributed by atoms with Gasteiger partial charge in [-0.2, -0.15) is 5.26 Å². The van der Waals surface area contributed by atoms with Crippen molar-refractivity contribution < 1.29 is 9.18 Å². The molecule has 7 rings (SSSR count). The summed E-state index contributed by atoms with van der Waals surface area (Å²) < 4.78 is 14.1. The number of amides is 1. The summed E-state index contributed by atoms with van der Waals surface area (Å²) in [5.41, 5.74) is -0.482. The summed E-state index contributed by atoms with van der Waals surface area (Å²) in [7, 11) is 0. The van der Waals surface area contributed by atoms with Gasteiger partial charge in [-0.3, -0.25) is 4.79 Å². The first-order chi connectivity index (χ1) is 13.3. The van der Waals surface area contributed by atoms with E-state index >= 15 is 0 Å². The van der Waals surface area contributed by atoms with Crippen molar-refractivity contribution in [1.29, 1.82) is 5.26 Å². The summed E-state index contributed by atoms with van der Waals surface area (Å²) in [5, 5.41) is 9.55. The highest BCUT2D eigenvalue weighted by atomic mass is 19.1. The predicted molar refractivity (Wildman–Crippen MR) is 103 cm³/mol. The van der Waals surface area contributed by atoms with Crippen LogP contribution in [0.1, 0.15) is 57.8 Å². The van der Waals surface area contributed by atoms with Crippen LogP contribution in [0.4, 0.5) is 15.8 Å². The number of rotatable bonds is 4. The van der Waals surface area contributed by atoms with Gasteiger partial charge in [-0.1, -0.05) is 12.1 Å². The van der Waals surface area contributed by atoms with E-state index in [1.165, 1.54) is 0 Å². The molecule has 0 N–H and O–H groups in total. The van der Waals surface area contributed by atoms with Gasteiger partial charge in [0.25, 0.3) is 0 Å². The summed E-state index contributed by atoms with van der Waals surface area (Å²) in [6.45, 7) is 7.93. The third-order valence-corrected chi connectivity index (χ3v) is 8.07. The number of alkyl halides is 1. The molecule has 28 heavy (non-hydrogen) atoms. The van der Waals surface area contributed by atoms with Crippen LogP contribution in [-0.2, 0) is 4.79 Å². The molecule has 1 amide bonds. The molecule has 0 aliphatic heterocycles. The molecule has 1 aromatic rings. The Morgan fingerprint density at radius 1 is 1.18 bits per heavy atom. The predicted octanol–water partition coefficient (Wildman–Crippen LogP) is 5.33. The second-order valence-electron chi connectivity index (χ2n) is 9.88. The van der Waals surface area contributed by atoms with Crippen LogP contribution in [0, 0.1) is 34.1 Å². The average Bonchev–Trinajstić information content (AvgIpc) is 2.70. The largest absolute Gasteiger partial charge is 0.313 e. The van der Waals surface area contributed by atoms with Crippen molar-refractivity contribution in [3.63, 3.8) is 0 Å². The zero-order valence-corrected chi connectivity index (χ0v) is 16.0. The van der Waals surface area contributed by atoms with Gasteiger partial charge < -0.3 is 4.90 Å². The van der Waals surface area contributed by atoms with E-state index in [1.807, 2.05) is 17.0 Å². The lowest BCUT2D eigenvalue weighted by Gasteiger charge is -2.65. The molecule has 6 fully saturated rings. The molecule has 5 heteroatoms. The van der Waals surface area contributed by atoms with Crippen LogP contribution in [-0.4, -0.2) is 18.1 Å². The van der Waals surface area contributed by atoms with Gasteiger partial charge in [0.1, 0.15) is 5.67 Å². The lowest BCUT2D eigenvalue weighted by molar-refractivity contribution is -0.211. The molecule has 144 valence electrons. The molecule has 1 aromatic carbocycles. The molecule has 0 aromatic heterocycles. The number of carbonyl (C=O) groups is 1. The Morgan fingerprint density at radius 3 is 2.36 bits per heavy atom. The summed E-state index contributed by atoms with van der Waals surface area (Å²) >= 11 is 0. The lowest BCUT2D eigenvalue weighted by atomic mass is 9.41. The maximum Gasteiger partial charge on any atom is 0.233 e. The number of hydrogen-bond acceptors (Lipinski definition) is 2. The molecule has 4 bridgehead atoms. The molecule has 0 heterocycles. The third kappa shape index (κ3) is 2.42. The Kier molecular flexibility index (Phi) is 3.52. The second kappa shape index (κ2) is 5.57. The molecule has 0 spiro atoms. The Hall–Kier alpha value is -2.40. The SMILES string of the molecule is [C-]#[N+]c1cccc(N(CC23CCC(C#N)(CC2)CC3)C(=O)C23CC(F)(C2)C3)c1. The van der Waals surface area contributed by atoms with Crippen LogP contribution in [0.15, 0.2) is 24.3 Å². The van der Waals surface area contributed by atoms with Crippen LogP contribution >= 0.6 is 0 Å². The van der Waals surface area contributed by atoms with Crippen LogP contribution in [0.3, 0.4) is 0 Å². The van der Waals surface area contributed by atoms with Crippen molar-refractivity contribution in [3.05, 3.63) is 35.7 Å². The van der Waals surface area contributed by atoms with Crippen molar-refractivity contribution >= 4 is 17.3 Å². The monoisotopic (exact) mass is 377 g/mol. The summed E-state index contributed by atoms with van der Waals surface area (Å²) in [5.74, 6) is 0.0335. The van der Waals surface area contributed by atoms with Gasteiger partial charge in [0, 0.05) is 12.2 Å². The number of anilines is 1. The maximum absolute atomic E-state index is 14.1. The van der Waals surface area contributed by atoms with E-state index in [0.29, 0.717) is 31.5 Å². The number of carbonyl (C=O) groups excluding carboxylic acids is 1. The molecule has 6 saturated carbocycles. The molecule has 6 aliphatic carbocycles. The zero-order chi connectivity index (χ0) is 19.6. The number of benzene rings is 1. The van der Waals surface area contributed by atoms with E-state index in [9.17, 15) is 14.4 Å². The minimum Gasteiger partial charge on any atom is -0.313 e. The minimum absolute atomic E-state index is 0.0335. The molecule has 0 unspecified atom stereocenters. The Morgan fingerprint density at radius 2 is 1.82 bits per heavy atom. The Balaban J connectivity index is 1.44. The van der Waals surface area contributed by atoms with Crippen LogP contribution in [0.5, 0.6) is 0 Å².